The maximum Gasteiger partial charge on any atom is 0.433 e. The lowest BCUT2D eigenvalue weighted by Gasteiger charge is -1.98. The van der Waals surface area contributed by atoms with Gasteiger partial charge in [0.15, 0.2) is 0 Å². The Balaban J connectivity index is 2.18. The number of rotatable bonds is 5. The minimum Gasteiger partial charge on any atom is -0.404 e. The summed E-state index contributed by atoms with van der Waals surface area (Å²) in [6.45, 7) is 2.84. The van der Waals surface area contributed by atoms with Gasteiger partial charge < -0.3 is 4.42 Å². The smallest absolute Gasteiger partial charge is 0.404 e. The van der Waals surface area contributed by atoms with E-state index in [4.69, 9.17) is 4.42 Å². The summed E-state index contributed by atoms with van der Waals surface area (Å²) in [5, 5.41) is 10.5. The topological polar surface area (TPSA) is 83.2 Å². The fraction of sp³-hybridized carbons (Fsp3) is 0.364. The van der Waals surface area contributed by atoms with Gasteiger partial charge in [0.1, 0.15) is 10.7 Å². The molecular formula is C11H13N3O4. The lowest BCUT2D eigenvalue weighted by Crippen LogP contribution is -2.24. The van der Waals surface area contributed by atoms with Gasteiger partial charge in [-0.3, -0.25) is 19.2 Å². The van der Waals surface area contributed by atoms with Gasteiger partial charge in [-0.2, -0.15) is 0 Å². The third-order valence-electron chi connectivity index (χ3n) is 2.54. The summed E-state index contributed by atoms with van der Waals surface area (Å²) in [5.41, 5.74) is -0.143. The van der Waals surface area contributed by atoms with Crippen LogP contribution in [-0.2, 0) is 13.1 Å². The Morgan fingerprint density at radius 1 is 1.33 bits per heavy atom. The van der Waals surface area contributed by atoms with Crippen molar-refractivity contribution in [1.82, 2.24) is 9.13 Å². The van der Waals surface area contributed by atoms with E-state index in [1.165, 1.54) is 16.7 Å². The maximum atomic E-state index is 11.9. The minimum atomic E-state index is -0.603. The van der Waals surface area contributed by atoms with Crippen LogP contribution in [0.2, 0.25) is 0 Å². The number of aromatic nitrogens is 2. The van der Waals surface area contributed by atoms with Gasteiger partial charge in [0, 0.05) is 18.9 Å². The van der Waals surface area contributed by atoms with Crippen LogP contribution in [0, 0.1) is 10.1 Å². The molecule has 0 aliphatic carbocycles. The molecular weight excluding hydrogens is 238 g/mol. The molecule has 0 N–H and O–H groups in total. The zero-order valence-corrected chi connectivity index (χ0v) is 9.91. The molecule has 7 nitrogen and oxygen atoms in total. The summed E-state index contributed by atoms with van der Waals surface area (Å²) >= 11 is 0. The standard InChI is InChI=1S/C11H13N3O4/c1-2-5-12-6-7-13(11(12)15)8-9-3-4-10(18-9)14(16)17/h3-4,6-7H,2,5,8H2,1H3. The average Bonchev–Trinajstić information content (AvgIpc) is 2.91. The van der Waals surface area contributed by atoms with E-state index >= 15 is 0 Å². The first-order chi connectivity index (χ1) is 8.61. The van der Waals surface area contributed by atoms with Crippen LogP contribution in [0.25, 0.3) is 0 Å². The van der Waals surface area contributed by atoms with E-state index in [9.17, 15) is 14.9 Å². The molecule has 18 heavy (non-hydrogen) atoms. The van der Waals surface area contributed by atoms with Gasteiger partial charge in [-0.05, 0) is 12.5 Å². The predicted molar refractivity (Wildman–Crippen MR) is 63.4 cm³/mol. The van der Waals surface area contributed by atoms with Crippen molar-refractivity contribution < 1.29 is 9.34 Å². The van der Waals surface area contributed by atoms with Crippen molar-refractivity contribution in [3.8, 4) is 0 Å². The van der Waals surface area contributed by atoms with Crippen molar-refractivity contribution in [3.05, 3.63) is 50.9 Å². The van der Waals surface area contributed by atoms with E-state index in [1.807, 2.05) is 6.92 Å². The molecule has 2 aromatic rings. The second-order valence-corrected chi connectivity index (χ2v) is 3.90. The lowest BCUT2D eigenvalue weighted by atomic mass is 10.4. The molecule has 0 unspecified atom stereocenters. The first-order valence-electron chi connectivity index (χ1n) is 5.60. The second kappa shape index (κ2) is 4.91. The van der Waals surface area contributed by atoms with Crippen LogP contribution in [0.4, 0.5) is 5.88 Å². The van der Waals surface area contributed by atoms with Crippen LogP contribution in [0.1, 0.15) is 19.1 Å². The highest BCUT2D eigenvalue weighted by atomic mass is 16.6. The molecule has 7 heteroatoms. The van der Waals surface area contributed by atoms with Gasteiger partial charge in [-0.15, -0.1) is 0 Å². The zero-order chi connectivity index (χ0) is 13.1. The summed E-state index contributed by atoms with van der Waals surface area (Å²) in [6, 6.07) is 2.78. The monoisotopic (exact) mass is 251 g/mol. The third kappa shape index (κ3) is 2.34. The largest absolute Gasteiger partial charge is 0.433 e. The fourth-order valence-electron chi connectivity index (χ4n) is 1.70. The molecule has 0 saturated carbocycles. The van der Waals surface area contributed by atoms with Crippen molar-refractivity contribution in [1.29, 1.82) is 0 Å². The number of imidazole rings is 1. The van der Waals surface area contributed by atoms with Gasteiger partial charge >= 0.3 is 11.6 Å². The van der Waals surface area contributed by atoms with Crippen LogP contribution in [-0.4, -0.2) is 14.1 Å². The summed E-state index contributed by atoms with van der Waals surface area (Å²) in [6.07, 6.45) is 4.21. The molecule has 0 aliphatic heterocycles. The molecule has 0 spiro atoms. The maximum absolute atomic E-state index is 11.9. The van der Waals surface area contributed by atoms with Gasteiger partial charge in [-0.25, -0.2) is 4.79 Å². The highest BCUT2D eigenvalue weighted by Crippen LogP contribution is 2.15. The SMILES string of the molecule is CCCn1ccn(Cc2ccc([N+](=O)[O-])o2)c1=O. The van der Waals surface area contributed by atoms with E-state index in [2.05, 4.69) is 0 Å². The summed E-state index contributed by atoms with van der Waals surface area (Å²) in [4.78, 5) is 21.7. The lowest BCUT2D eigenvalue weighted by molar-refractivity contribution is -0.402. The predicted octanol–water partition coefficient (Wildman–Crippen LogP) is 1.61. The van der Waals surface area contributed by atoms with E-state index in [0.29, 0.717) is 12.3 Å². The van der Waals surface area contributed by atoms with Crippen LogP contribution in [0.15, 0.2) is 33.7 Å². The Bertz CT molecular complexity index is 608. The molecule has 2 aromatic heterocycles. The van der Waals surface area contributed by atoms with Crippen molar-refractivity contribution in [2.75, 3.05) is 0 Å². The molecule has 2 rings (SSSR count). The number of furan rings is 1. The highest BCUT2D eigenvalue weighted by Gasteiger charge is 2.13. The zero-order valence-electron chi connectivity index (χ0n) is 9.91. The van der Waals surface area contributed by atoms with Gasteiger partial charge in [0.05, 0.1) is 12.6 Å². The Labute approximate surface area is 102 Å². The number of hydrogen-bond acceptors (Lipinski definition) is 4. The Kier molecular flexibility index (Phi) is 3.31. The Morgan fingerprint density at radius 3 is 2.67 bits per heavy atom. The van der Waals surface area contributed by atoms with E-state index in [-0.39, 0.29) is 18.1 Å². The summed E-state index contributed by atoms with van der Waals surface area (Å²) in [7, 11) is 0. The second-order valence-electron chi connectivity index (χ2n) is 3.90. The molecule has 2 heterocycles. The number of hydrogen-bond donors (Lipinski definition) is 0. The van der Waals surface area contributed by atoms with Gasteiger partial charge in [-0.1, -0.05) is 6.92 Å². The van der Waals surface area contributed by atoms with Crippen LogP contribution in [0.3, 0.4) is 0 Å². The molecule has 0 bridgehead atoms. The minimum absolute atomic E-state index is 0.143. The molecule has 0 saturated heterocycles. The molecule has 0 radical (unpaired) electrons. The molecule has 0 atom stereocenters. The van der Waals surface area contributed by atoms with Gasteiger partial charge in [0.25, 0.3) is 0 Å². The molecule has 96 valence electrons. The van der Waals surface area contributed by atoms with Crippen LogP contribution in [0.5, 0.6) is 0 Å². The first-order valence-corrected chi connectivity index (χ1v) is 5.60. The fourth-order valence-corrected chi connectivity index (χ4v) is 1.70. The van der Waals surface area contributed by atoms with Crippen molar-refractivity contribution in [3.63, 3.8) is 0 Å². The number of aryl methyl sites for hydroxylation is 1. The van der Waals surface area contributed by atoms with E-state index in [0.717, 1.165) is 6.42 Å². The molecule has 0 aromatic carbocycles. The third-order valence-corrected chi connectivity index (χ3v) is 2.54. The summed E-state index contributed by atoms with van der Waals surface area (Å²) in [5.74, 6) is 0.0732. The van der Waals surface area contributed by atoms with Crippen molar-refractivity contribution in [2.45, 2.75) is 26.4 Å². The summed E-state index contributed by atoms with van der Waals surface area (Å²) < 4.78 is 8.06. The van der Waals surface area contributed by atoms with Crippen molar-refractivity contribution >= 4 is 5.88 Å². The van der Waals surface area contributed by atoms with Crippen molar-refractivity contribution in [2.24, 2.45) is 0 Å². The van der Waals surface area contributed by atoms with Crippen LogP contribution >= 0.6 is 0 Å². The molecule has 0 amide bonds. The molecule has 0 fully saturated rings. The van der Waals surface area contributed by atoms with Crippen LogP contribution < -0.4 is 5.69 Å². The molecule has 0 aliphatic rings. The van der Waals surface area contributed by atoms with E-state index in [1.54, 1.807) is 17.0 Å². The highest BCUT2D eigenvalue weighted by molar-refractivity contribution is 5.17. The normalized spacial score (nSPS) is 10.7. The number of nitrogens with zero attached hydrogens (tertiary/aromatic N) is 3. The number of nitro groups is 1. The van der Waals surface area contributed by atoms with Gasteiger partial charge in [0.2, 0.25) is 0 Å². The van der Waals surface area contributed by atoms with E-state index < -0.39 is 4.92 Å². The quantitative estimate of drug-likeness (QED) is 0.597. The first kappa shape index (κ1) is 12.2. The average molecular weight is 251 g/mol. The Hall–Kier alpha value is -2.31. The Morgan fingerprint density at radius 2 is 2.06 bits per heavy atom.